The number of benzene rings is 1. The van der Waals surface area contributed by atoms with Crippen LogP contribution in [-0.4, -0.2) is 79.3 Å². The summed E-state index contributed by atoms with van der Waals surface area (Å²) in [4.78, 5) is 42.4. The van der Waals surface area contributed by atoms with Gasteiger partial charge in [0.2, 0.25) is 17.7 Å². The largest absolute Gasteiger partial charge is 0.497 e. The maximum atomic E-state index is 12.9. The third-order valence-electron chi connectivity index (χ3n) is 5.53. The second kappa shape index (κ2) is 7.58. The molecule has 3 rings (SSSR count). The molecule has 0 radical (unpaired) electrons. The predicted molar refractivity (Wildman–Crippen MR) is 100 cm³/mol. The van der Waals surface area contributed by atoms with Gasteiger partial charge >= 0.3 is 0 Å². The minimum atomic E-state index is -0.385. The van der Waals surface area contributed by atoms with Gasteiger partial charge in [-0.05, 0) is 17.7 Å². The molecule has 7 heteroatoms. The van der Waals surface area contributed by atoms with Crippen molar-refractivity contribution in [1.29, 1.82) is 0 Å². The van der Waals surface area contributed by atoms with Gasteiger partial charge in [-0.3, -0.25) is 14.4 Å². The molecule has 0 N–H and O–H groups in total. The van der Waals surface area contributed by atoms with Gasteiger partial charge in [0, 0.05) is 58.5 Å². The van der Waals surface area contributed by atoms with E-state index in [1.165, 1.54) is 0 Å². The van der Waals surface area contributed by atoms with E-state index in [4.69, 9.17) is 4.74 Å². The number of amides is 3. The van der Waals surface area contributed by atoms with Crippen molar-refractivity contribution in [2.45, 2.75) is 19.8 Å². The summed E-state index contributed by atoms with van der Waals surface area (Å²) in [5.41, 5.74) is 0.533. The number of carbonyl (C=O) groups is 3. The summed E-state index contributed by atoms with van der Waals surface area (Å²) in [6.45, 7) is 4.13. The molecule has 2 heterocycles. The molecule has 146 valence electrons. The Bertz CT molecular complexity index is 733. The Hall–Kier alpha value is -2.57. The summed E-state index contributed by atoms with van der Waals surface area (Å²) < 4.78 is 5.16. The van der Waals surface area contributed by atoms with Crippen LogP contribution >= 0.6 is 0 Å². The minimum Gasteiger partial charge on any atom is -0.497 e. The highest BCUT2D eigenvalue weighted by Gasteiger charge is 2.46. The first-order valence-corrected chi connectivity index (χ1v) is 9.22. The fourth-order valence-electron chi connectivity index (χ4n) is 4.09. The predicted octanol–water partition coefficient (Wildman–Crippen LogP) is 0.777. The third-order valence-corrected chi connectivity index (χ3v) is 5.53. The highest BCUT2D eigenvalue weighted by molar-refractivity contribution is 5.81. The normalized spacial score (nSPS) is 22.9. The second-order valence-corrected chi connectivity index (χ2v) is 7.71. The fourth-order valence-corrected chi connectivity index (χ4v) is 4.09. The molecule has 1 aromatic carbocycles. The first-order chi connectivity index (χ1) is 12.8. The van der Waals surface area contributed by atoms with Crippen LogP contribution in [0.3, 0.4) is 0 Å². The van der Waals surface area contributed by atoms with E-state index in [0.29, 0.717) is 45.6 Å². The van der Waals surface area contributed by atoms with Crippen molar-refractivity contribution in [2.75, 3.05) is 46.9 Å². The number of hydrogen-bond acceptors (Lipinski definition) is 4. The third kappa shape index (κ3) is 4.23. The van der Waals surface area contributed by atoms with Crippen LogP contribution in [-0.2, 0) is 20.8 Å². The molecule has 0 aliphatic carbocycles. The van der Waals surface area contributed by atoms with Crippen molar-refractivity contribution >= 4 is 17.7 Å². The van der Waals surface area contributed by atoms with Gasteiger partial charge in [-0.15, -0.1) is 0 Å². The number of nitrogens with zero attached hydrogens (tertiary/aromatic N) is 3. The van der Waals surface area contributed by atoms with Gasteiger partial charge in [-0.2, -0.15) is 0 Å². The summed E-state index contributed by atoms with van der Waals surface area (Å²) in [5, 5.41) is 0. The van der Waals surface area contributed by atoms with Gasteiger partial charge in [0.25, 0.3) is 0 Å². The second-order valence-electron chi connectivity index (χ2n) is 7.71. The number of likely N-dealkylation sites (tertiary alicyclic amines) is 1. The molecule has 2 aliphatic rings. The molecule has 2 saturated heterocycles. The molecular formula is C20H27N3O4. The van der Waals surface area contributed by atoms with Crippen LogP contribution in [0.5, 0.6) is 5.75 Å². The van der Waals surface area contributed by atoms with E-state index in [1.807, 2.05) is 29.2 Å². The molecule has 0 aromatic heterocycles. The van der Waals surface area contributed by atoms with Gasteiger partial charge in [-0.25, -0.2) is 0 Å². The number of ether oxygens (including phenoxy) is 1. The molecule has 1 aromatic rings. The van der Waals surface area contributed by atoms with Gasteiger partial charge in [0.15, 0.2) is 0 Å². The molecule has 1 spiro atoms. The van der Waals surface area contributed by atoms with E-state index in [1.54, 1.807) is 30.9 Å². The molecular weight excluding hydrogens is 346 g/mol. The fraction of sp³-hybridized carbons (Fsp3) is 0.550. The lowest BCUT2D eigenvalue weighted by molar-refractivity contribution is -0.132. The average molecular weight is 373 g/mol. The van der Waals surface area contributed by atoms with E-state index >= 15 is 0 Å². The highest BCUT2D eigenvalue weighted by Crippen LogP contribution is 2.34. The van der Waals surface area contributed by atoms with E-state index in [2.05, 4.69) is 0 Å². The van der Waals surface area contributed by atoms with Gasteiger partial charge in [0.1, 0.15) is 5.75 Å². The Labute approximate surface area is 159 Å². The molecule has 0 saturated carbocycles. The molecule has 1 unspecified atom stereocenters. The first kappa shape index (κ1) is 19.2. The monoisotopic (exact) mass is 373 g/mol. The smallest absolute Gasteiger partial charge is 0.227 e. The number of methoxy groups -OCH3 is 1. The number of hydrogen-bond donors (Lipinski definition) is 0. The van der Waals surface area contributed by atoms with Gasteiger partial charge in [0.05, 0.1) is 13.5 Å². The zero-order valence-electron chi connectivity index (χ0n) is 16.2. The Balaban J connectivity index is 1.76. The molecule has 1 atom stereocenters. The lowest BCUT2D eigenvalue weighted by Crippen LogP contribution is -2.45. The van der Waals surface area contributed by atoms with E-state index < -0.39 is 0 Å². The molecule has 3 amide bonds. The molecule has 27 heavy (non-hydrogen) atoms. The van der Waals surface area contributed by atoms with Gasteiger partial charge < -0.3 is 19.4 Å². The molecule has 2 fully saturated rings. The standard InChI is InChI=1S/C20H27N3O4/c1-15(24)22-8-9-23(14-20(13-22)11-19(26)21(2)12-20)18(25)10-16-4-6-17(27-3)7-5-16/h4-7H,8-14H2,1-3H3. The average Bonchev–Trinajstić information content (AvgIpc) is 2.80. The molecule has 7 nitrogen and oxygen atoms in total. The lowest BCUT2D eigenvalue weighted by Gasteiger charge is -2.33. The minimum absolute atomic E-state index is 0.0131. The Morgan fingerprint density at radius 1 is 1.07 bits per heavy atom. The van der Waals surface area contributed by atoms with Crippen LogP contribution in [0.1, 0.15) is 18.9 Å². The molecule has 0 bridgehead atoms. The Morgan fingerprint density at radius 3 is 2.26 bits per heavy atom. The summed E-state index contributed by atoms with van der Waals surface area (Å²) in [6, 6.07) is 7.46. The number of carbonyl (C=O) groups excluding carboxylic acids is 3. The summed E-state index contributed by atoms with van der Waals surface area (Å²) in [7, 11) is 3.39. The zero-order valence-corrected chi connectivity index (χ0v) is 16.2. The van der Waals surface area contributed by atoms with Crippen LogP contribution in [0, 0.1) is 5.41 Å². The van der Waals surface area contributed by atoms with Crippen LogP contribution in [0.4, 0.5) is 0 Å². The topological polar surface area (TPSA) is 70.2 Å². The van der Waals surface area contributed by atoms with Crippen molar-refractivity contribution in [3.8, 4) is 5.75 Å². The van der Waals surface area contributed by atoms with Crippen molar-refractivity contribution in [1.82, 2.24) is 14.7 Å². The quantitative estimate of drug-likeness (QED) is 0.785. The van der Waals surface area contributed by atoms with Crippen molar-refractivity contribution in [2.24, 2.45) is 5.41 Å². The Kier molecular flexibility index (Phi) is 5.39. The summed E-state index contributed by atoms with van der Waals surface area (Å²) >= 11 is 0. The van der Waals surface area contributed by atoms with Crippen LogP contribution in [0.2, 0.25) is 0 Å². The Morgan fingerprint density at radius 2 is 1.70 bits per heavy atom. The van der Waals surface area contributed by atoms with E-state index in [9.17, 15) is 14.4 Å². The van der Waals surface area contributed by atoms with Crippen LogP contribution in [0.25, 0.3) is 0 Å². The lowest BCUT2D eigenvalue weighted by atomic mass is 9.85. The van der Waals surface area contributed by atoms with Crippen molar-refractivity contribution < 1.29 is 19.1 Å². The SMILES string of the molecule is COc1ccc(CC(=O)N2CCN(C(C)=O)CC3(CC(=O)N(C)C3)C2)cc1. The maximum Gasteiger partial charge on any atom is 0.227 e. The first-order valence-electron chi connectivity index (χ1n) is 9.22. The summed E-state index contributed by atoms with van der Waals surface area (Å²) in [6.07, 6.45) is 0.670. The van der Waals surface area contributed by atoms with E-state index in [0.717, 1.165) is 11.3 Å². The molecule has 2 aliphatic heterocycles. The number of rotatable bonds is 3. The van der Waals surface area contributed by atoms with Gasteiger partial charge in [-0.1, -0.05) is 12.1 Å². The maximum absolute atomic E-state index is 12.9. The summed E-state index contributed by atoms with van der Waals surface area (Å²) in [5.74, 6) is 0.834. The van der Waals surface area contributed by atoms with Crippen molar-refractivity contribution in [3.63, 3.8) is 0 Å². The highest BCUT2D eigenvalue weighted by atomic mass is 16.5. The van der Waals surface area contributed by atoms with Crippen molar-refractivity contribution in [3.05, 3.63) is 29.8 Å². The van der Waals surface area contributed by atoms with Crippen LogP contribution in [0.15, 0.2) is 24.3 Å². The zero-order chi connectivity index (χ0) is 19.6. The van der Waals surface area contributed by atoms with Crippen LogP contribution < -0.4 is 4.74 Å². The van der Waals surface area contributed by atoms with E-state index in [-0.39, 0.29) is 23.1 Å².